The van der Waals surface area contributed by atoms with Gasteiger partial charge in [0.25, 0.3) is 0 Å². The molecule has 0 saturated heterocycles. The summed E-state index contributed by atoms with van der Waals surface area (Å²) in [6, 6.07) is 0. The lowest BCUT2D eigenvalue weighted by Crippen LogP contribution is -2.14. The average molecular weight is 265 g/mol. The van der Waals surface area contributed by atoms with Crippen LogP contribution in [0.15, 0.2) is 0 Å². The highest BCUT2D eigenvalue weighted by molar-refractivity contribution is 6.03. The van der Waals surface area contributed by atoms with E-state index in [1.165, 1.54) is 0 Å². The van der Waals surface area contributed by atoms with Crippen LogP contribution in [-0.4, -0.2) is 30.1 Å². The molecule has 1 heterocycles. The number of aryl methyl sites for hydroxylation is 1. The number of hydrogen-bond donors (Lipinski definition) is 1. The molecule has 1 aliphatic carbocycles. The lowest BCUT2D eigenvalue weighted by Gasteiger charge is -2.12. The van der Waals surface area contributed by atoms with Crippen LogP contribution in [0.5, 0.6) is 0 Å². The van der Waals surface area contributed by atoms with Crippen molar-refractivity contribution in [3.63, 3.8) is 0 Å². The molecular weight excluding hydrogens is 246 g/mol. The van der Waals surface area contributed by atoms with E-state index in [1.54, 1.807) is 13.8 Å². The van der Waals surface area contributed by atoms with Crippen LogP contribution in [0, 0.1) is 0 Å². The number of H-pyrrole nitrogens is 1. The van der Waals surface area contributed by atoms with Crippen molar-refractivity contribution in [1.82, 2.24) is 4.98 Å². The molecule has 5 nitrogen and oxygen atoms in total. The van der Waals surface area contributed by atoms with Crippen molar-refractivity contribution < 1.29 is 19.1 Å². The summed E-state index contributed by atoms with van der Waals surface area (Å²) in [5.41, 5.74) is 2.51. The Kier molecular flexibility index (Phi) is 4.24. The third-order valence-electron chi connectivity index (χ3n) is 3.25. The van der Waals surface area contributed by atoms with E-state index in [-0.39, 0.29) is 12.3 Å². The number of aromatic nitrogens is 1. The largest absolute Gasteiger partial charge is 0.462 e. The number of hydrogen-bond acceptors (Lipinski definition) is 4. The van der Waals surface area contributed by atoms with Crippen LogP contribution in [0.4, 0.5) is 0 Å². The van der Waals surface area contributed by atoms with Gasteiger partial charge < -0.3 is 14.5 Å². The minimum Gasteiger partial charge on any atom is -0.462 e. The van der Waals surface area contributed by atoms with Gasteiger partial charge in [-0.1, -0.05) is 0 Å². The maximum Gasteiger partial charge on any atom is 0.355 e. The van der Waals surface area contributed by atoms with E-state index in [0.717, 1.165) is 36.9 Å². The normalized spacial score (nSPS) is 13.8. The molecule has 0 amide bonds. The van der Waals surface area contributed by atoms with Gasteiger partial charge in [0.2, 0.25) is 0 Å². The lowest BCUT2D eigenvalue weighted by atomic mass is 9.94. The van der Waals surface area contributed by atoms with E-state index < -0.39 is 11.9 Å². The molecule has 5 heteroatoms. The van der Waals surface area contributed by atoms with Gasteiger partial charge in [-0.2, -0.15) is 0 Å². The highest BCUT2D eigenvalue weighted by Gasteiger charge is 2.29. The third kappa shape index (κ3) is 2.64. The summed E-state index contributed by atoms with van der Waals surface area (Å²) in [6.45, 7) is 4.07. The summed E-state index contributed by atoms with van der Waals surface area (Å²) in [5.74, 6) is -0.926. The molecule has 0 spiro atoms. The van der Waals surface area contributed by atoms with Crippen LogP contribution in [0.1, 0.15) is 58.8 Å². The first-order valence-electron chi connectivity index (χ1n) is 6.77. The van der Waals surface area contributed by atoms with Crippen LogP contribution in [0.2, 0.25) is 0 Å². The van der Waals surface area contributed by atoms with Crippen molar-refractivity contribution in [1.29, 1.82) is 0 Å². The van der Waals surface area contributed by atoms with Gasteiger partial charge in [0.15, 0.2) is 0 Å². The van der Waals surface area contributed by atoms with E-state index in [2.05, 4.69) is 4.98 Å². The summed E-state index contributed by atoms with van der Waals surface area (Å²) in [4.78, 5) is 27.0. The first kappa shape index (κ1) is 13.6. The zero-order valence-electron chi connectivity index (χ0n) is 11.4. The summed E-state index contributed by atoms with van der Waals surface area (Å²) < 4.78 is 10.1. The number of esters is 2. The van der Waals surface area contributed by atoms with Gasteiger partial charge in [0.05, 0.1) is 18.8 Å². The molecule has 1 aromatic heterocycles. The Hall–Kier alpha value is -1.78. The van der Waals surface area contributed by atoms with Crippen molar-refractivity contribution in [2.45, 2.75) is 39.5 Å². The van der Waals surface area contributed by atoms with E-state index in [1.807, 2.05) is 0 Å². The van der Waals surface area contributed by atoms with Crippen molar-refractivity contribution in [3.8, 4) is 0 Å². The molecule has 2 rings (SSSR count). The summed E-state index contributed by atoms with van der Waals surface area (Å²) in [7, 11) is 0. The summed E-state index contributed by atoms with van der Waals surface area (Å²) in [5, 5.41) is 0. The van der Waals surface area contributed by atoms with Crippen LogP contribution in [-0.2, 0) is 22.3 Å². The van der Waals surface area contributed by atoms with E-state index in [4.69, 9.17) is 9.47 Å². The Morgan fingerprint density at radius 3 is 2.37 bits per heavy atom. The molecule has 0 radical (unpaired) electrons. The minimum absolute atomic E-state index is 0.243. The Morgan fingerprint density at radius 2 is 1.68 bits per heavy atom. The molecule has 0 bridgehead atoms. The van der Waals surface area contributed by atoms with Gasteiger partial charge in [-0.3, -0.25) is 0 Å². The number of fused-ring (bicyclic) bond motifs is 1. The maximum atomic E-state index is 12.1. The quantitative estimate of drug-likeness (QED) is 0.848. The van der Waals surface area contributed by atoms with Crippen molar-refractivity contribution in [2.75, 3.05) is 13.2 Å². The number of rotatable bonds is 4. The van der Waals surface area contributed by atoms with Crippen molar-refractivity contribution in [2.24, 2.45) is 0 Å². The van der Waals surface area contributed by atoms with Crippen LogP contribution >= 0.6 is 0 Å². The Morgan fingerprint density at radius 1 is 1.05 bits per heavy atom. The number of carbonyl (C=O) groups is 2. The predicted molar refractivity (Wildman–Crippen MR) is 69.3 cm³/mol. The SMILES string of the molecule is CCOC(=O)c1[nH]c2c(c1C(=O)OCC)CCCC2. The molecule has 0 atom stereocenters. The maximum absolute atomic E-state index is 12.1. The number of carbonyl (C=O) groups excluding carboxylic acids is 2. The first-order chi connectivity index (χ1) is 9.19. The number of ether oxygens (including phenoxy) is 2. The zero-order chi connectivity index (χ0) is 13.8. The predicted octanol–water partition coefficient (Wildman–Crippen LogP) is 2.25. The molecule has 0 aromatic carbocycles. The monoisotopic (exact) mass is 265 g/mol. The Balaban J connectivity index is 2.43. The summed E-state index contributed by atoms with van der Waals surface area (Å²) >= 11 is 0. The average Bonchev–Trinajstić information content (AvgIpc) is 2.78. The van der Waals surface area contributed by atoms with E-state index >= 15 is 0 Å². The molecule has 104 valence electrons. The van der Waals surface area contributed by atoms with Gasteiger partial charge >= 0.3 is 11.9 Å². The zero-order valence-corrected chi connectivity index (χ0v) is 11.4. The Bertz CT molecular complexity index is 490. The fraction of sp³-hybridized carbons (Fsp3) is 0.571. The standard InChI is InChI=1S/C14H19NO4/c1-3-18-13(16)11-9-7-5-6-8-10(9)15-12(11)14(17)19-4-2/h15H,3-8H2,1-2H3. The fourth-order valence-electron chi connectivity index (χ4n) is 2.47. The van der Waals surface area contributed by atoms with Crippen molar-refractivity contribution >= 4 is 11.9 Å². The third-order valence-corrected chi connectivity index (χ3v) is 3.25. The van der Waals surface area contributed by atoms with Gasteiger partial charge in [-0.05, 0) is 45.1 Å². The van der Waals surface area contributed by atoms with E-state index in [0.29, 0.717) is 12.2 Å². The van der Waals surface area contributed by atoms with Crippen LogP contribution in [0.25, 0.3) is 0 Å². The molecule has 19 heavy (non-hydrogen) atoms. The first-order valence-corrected chi connectivity index (χ1v) is 6.77. The summed E-state index contributed by atoms with van der Waals surface area (Å²) in [6.07, 6.45) is 3.76. The highest BCUT2D eigenvalue weighted by atomic mass is 16.5. The topological polar surface area (TPSA) is 68.4 Å². The number of nitrogens with one attached hydrogen (secondary N) is 1. The molecule has 1 aliphatic rings. The number of aromatic amines is 1. The molecule has 0 aliphatic heterocycles. The minimum atomic E-state index is -0.486. The van der Waals surface area contributed by atoms with Crippen LogP contribution in [0.3, 0.4) is 0 Å². The van der Waals surface area contributed by atoms with Crippen molar-refractivity contribution in [3.05, 3.63) is 22.5 Å². The van der Waals surface area contributed by atoms with Gasteiger partial charge in [-0.25, -0.2) is 9.59 Å². The molecule has 0 unspecified atom stereocenters. The second kappa shape index (κ2) is 5.91. The second-order valence-electron chi connectivity index (χ2n) is 4.48. The van der Waals surface area contributed by atoms with Gasteiger partial charge in [-0.15, -0.1) is 0 Å². The van der Waals surface area contributed by atoms with Gasteiger partial charge in [0, 0.05) is 5.69 Å². The molecule has 1 N–H and O–H groups in total. The molecule has 1 aromatic rings. The molecule has 0 fully saturated rings. The molecule has 0 saturated carbocycles. The van der Waals surface area contributed by atoms with Gasteiger partial charge in [0.1, 0.15) is 5.69 Å². The molecular formula is C14H19NO4. The second-order valence-corrected chi connectivity index (χ2v) is 4.48. The lowest BCUT2D eigenvalue weighted by molar-refractivity contribution is 0.0475. The smallest absolute Gasteiger partial charge is 0.355 e. The Labute approximate surface area is 112 Å². The van der Waals surface area contributed by atoms with Crippen LogP contribution < -0.4 is 0 Å². The fourth-order valence-corrected chi connectivity index (χ4v) is 2.47. The highest BCUT2D eigenvalue weighted by Crippen LogP contribution is 2.28. The van der Waals surface area contributed by atoms with E-state index in [9.17, 15) is 9.59 Å².